The summed E-state index contributed by atoms with van der Waals surface area (Å²) in [5.41, 5.74) is 4.15. The highest BCUT2D eigenvalue weighted by Crippen LogP contribution is 2.41. The maximum Gasteiger partial charge on any atom is 0.257 e. The highest BCUT2D eigenvalue weighted by atomic mass is 32.1. The Hall–Kier alpha value is -4.74. The van der Waals surface area contributed by atoms with Crippen LogP contribution in [0.25, 0.3) is 26.4 Å². The third kappa shape index (κ3) is 4.12. The number of imide groups is 1. The van der Waals surface area contributed by atoms with Crippen LogP contribution < -0.4 is 15.4 Å². The Labute approximate surface area is 238 Å². The van der Waals surface area contributed by atoms with Crippen molar-refractivity contribution in [1.82, 2.24) is 19.6 Å². The van der Waals surface area contributed by atoms with E-state index in [1.807, 2.05) is 54.6 Å². The summed E-state index contributed by atoms with van der Waals surface area (Å²) in [6, 6.07) is 20.3. The van der Waals surface area contributed by atoms with Crippen molar-refractivity contribution >= 4 is 50.1 Å². The van der Waals surface area contributed by atoms with E-state index in [0.717, 1.165) is 37.2 Å². The quantitative estimate of drug-likeness (QED) is 0.264. The van der Waals surface area contributed by atoms with Gasteiger partial charge >= 0.3 is 0 Å². The zero-order chi connectivity index (χ0) is 28.2. The molecule has 2 aliphatic rings. The number of hydrogen-bond donors (Lipinski definition) is 3. The summed E-state index contributed by atoms with van der Waals surface area (Å²) < 4.78 is 8.50. The van der Waals surface area contributed by atoms with Gasteiger partial charge in [-0.1, -0.05) is 53.8 Å². The van der Waals surface area contributed by atoms with E-state index < -0.39 is 24.1 Å². The molecular weight excluding hydrogens is 542 g/mol. The third-order valence-corrected chi connectivity index (χ3v) is 8.64. The van der Waals surface area contributed by atoms with Crippen LogP contribution in [0.3, 0.4) is 0 Å². The lowest BCUT2D eigenvalue weighted by Crippen LogP contribution is -2.53. The molecule has 5 aromatic rings. The van der Waals surface area contributed by atoms with E-state index in [1.54, 1.807) is 19.2 Å². The Morgan fingerprint density at radius 3 is 2.71 bits per heavy atom. The topological polar surface area (TPSA) is 125 Å². The van der Waals surface area contributed by atoms with Crippen molar-refractivity contribution < 1.29 is 24.2 Å². The summed E-state index contributed by atoms with van der Waals surface area (Å²) in [6.07, 6.45) is -1.01. The lowest BCUT2D eigenvalue weighted by atomic mass is 10.0. The van der Waals surface area contributed by atoms with E-state index >= 15 is 0 Å². The van der Waals surface area contributed by atoms with Crippen LogP contribution in [0.4, 0.5) is 5.82 Å². The van der Waals surface area contributed by atoms with Crippen molar-refractivity contribution in [2.24, 2.45) is 0 Å². The fourth-order valence-electron chi connectivity index (χ4n) is 5.60. The number of hydrogen-bond acceptors (Lipinski definition) is 8. The first kappa shape index (κ1) is 25.2. The van der Waals surface area contributed by atoms with E-state index in [-0.39, 0.29) is 18.7 Å². The smallest absolute Gasteiger partial charge is 0.257 e. The van der Waals surface area contributed by atoms with Gasteiger partial charge in [-0.15, -0.1) is 0 Å². The number of methoxy groups -OCH3 is 1. The number of carbonyl (C=O) groups is 3. The summed E-state index contributed by atoms with van der Waals surface area (Å²) >= 11 is 1.53. The molecule has 2 aliphatic heterocycles. The van der Waals surface area contributed by atoms with Crippen LogP contribution in [0.1, 0.15) is 40.6 Å². The molecule has 10 nitrogen and oxygen atoms in total. The molecule has 0 spiro atoms. The minimum Gasteiger partial charge on any atom is -0.497 e. The lowest BCUT2D eigenvalue weighted by Gasteiger charge is -2.31. The zero-order valence-electron chi connectivity index (χ0n) is 22.0. The van der Waals surface area contributed by atoms with Crippen LogP contribution in [0, 0.1) is 0 Å². The Balaban J connectivity index is 1.31. The summed E-state index contributed by atoms with van der Waals surface area (Å²) in [4.78, 5) is 44.6. The number of carbonyl (C=O) groups excluding carboxylic acids is 3. The third-order valence-electron chi connectivity index (χ3n) is 7.64. The van der Waals surface area contributed by atoms with Gasteiger partial charge < -0.3 is 15.2 Å². The van der Waals surface area contributed by atoms with Crippen LogP contribution in [-0.2, 0) is 16.1 Å². The molecule has 2 atom stereocenters. The molecule has 0 saturated carbocycles. The van der Waals surface area contributed by atoms with Crippen molar-refractivity contribution in [2.75, 3.05) is 12.4 Å². The number of ether oxygens (including phenoxy) is 1. The van der Waals surface area contributed by atoms with Crippen molar-refractivity contribution in [3.05, 3.63) is 83.4 Å². The number of anilines is 1. The van der Waals surface area contributed by atoms with Crippen molar-refractivity contribution in [2.45, 2.75) is 31.7 Å². The molecule has 7 rings (SSSR count). The molecule has 3 amide bonds. The normalized spacial score (nSPS) is 18.7. The van der Waals surface area contributed by atoms with E-state index in [0.29, 0.717) is 28.9 Å². The summed E-state index contributed by atoms with van der Waals surface area (Å²) in [5.74, 6) is 0.118. The number of thiazole rings is 1. The highest BCUT2D eigenvalue weighted by molar-refractivity contribution is 7.23. The number of fused-ring (bicyclic) bond motifs is 4. The second-order valence-electron chi connectivity index (χ2n) is 10.1. The molecule has 206 valence electrons. The Morgan fingerprint density at radius 2 is 1.93 bits per heavy atom. The number of nitrogens with zero attached hydrogens (tertiary/aromatic N) is 3. The molecule has 0 radical (unpaired) electrons. The summed E-state index contributed by atoms with van der Waals surface area (Å²) in [6.45, 7) is 0.557. The van der Waals surface area contributed by atoms with E-state index in [4.69, 9.17) is 9.72 Å². The second kappa shape index (κ2) is 9.72. The second-order valence-corrected chi connectivity index (χ2v) is 11.1. The zero-order valence-corrected chi connectivity index (χ0v) is 22.8. The molecule has 0 bridgehead atoms. The molecule has 0 aliphatic carbocycles. The Kier molecular flexibility index (Phi) is 5.98. The van der Waals surface area contributed by atoms with E-state index in [2.05, 4.69) is 15.0 Å². The van der Waals surface area contributed by atoms with Gasteiger partial charge in [0.05, 0.1) is 17.3 Å². The van der Waals surface area contributed by atoms with Gasteiger partial charge in [0, 0.05) is 29.7 Å². The van der Waals surface area contributed by atoms with Gasteiger partial charge in [0.15, 0.2) is 11.2 Å². The van der Waals surface area contributed by atoms with Gasteiger partial charge in [0.1, 0.15) is 23.3 Å². The average Bonchev–Trinajstić information content (AvgIpc) is 3.60. The molecule has 4 heterocycles. The van der Waals surface area contributed by atoms with Crippen LogP contribution in [-0.4, -0.2) is 50.3 Å². The predicted octanol–water partition coefficient (Wildman–Crippen LogP) is 4.09. The maximum absolute atomic E-state index is 13.5. The van der Waals surface area contributed by atoms with Gasteiger partial charge in [-0.05, 0) is 36.2 Å². The minimum absolute atomic E-state index is 0.107. The fourth-order valence-corrected chi connectivity index (χ4v) is 6.65. The minimum atomic E-state index is -1.28. The average molecular weight is 568 g/mol. The van der Waals surface area contributed by atoms with Gasteiger partial charge in [0.25, 0.3) is 5.91 Å². The highest BCUT2D eigenvalue weighted by Gasteiger charge is 2.44. The van der Waals surface area contributed by atoms with Gasteiger partial charge in [-0.2, -0.15) is 0 Å². The van der Waals surface area contributed by atoms with Crippen molar-refractivity contribution in [1.29, 1.82) is 0 Å². The van der Waals surface area contributed by atoms with Crippen molar-refractivity contribution in [3.63, 3.8) is 0 Å². The fraction of sp³-hybridized carbons (Fsp3) is 0.200. The SMILES string of the molecule is COc1ccc2c(c1)sc1nc(-c3ccc4c(c3)C(=O)N(C3CCC(=O)NC3=O)C4O)c(NCc3ccccc3)n12. The number of aliphatic hydroxyl groups is 1. The molecule has 3 N–H and O–H groups in total. The molecule has 2 aromatic heterocycles. The molecule has 11 heteroatoms. The first-order valence-corrected chi connectivity index (χ1v) is 14.0. The van der Waals surface area contributed by atoms with Gasteiger partial charge in [-0.25, -0.2) is 4.98 Å². The predicted molar refractivity (Wildman–Crippen MR) is 154 cm³/mol. The number of benzene rings is 3. The number of aromatic nitrogens is 2. The van der Waals surface area contributed by atoms with Crippen LogP contribution in [0.15, 0.2) is 66.7 Å². The van der Waals surface area contributed by atoms with Gasteiger partial charge in [-0.3, -0.25) is 29.0 Å². The molecule has 3 aromatic carbocycles. The summed E-state index contributed by atoms with van der Waals surface area (Å²) in [5, 5.41) is 16.8. The Morgan fingerprint density at radius 1 is 1.10 bits per heavy atom. The standard InChI is InChI=1S/C30H25N5O5S/c1-40-18-8-10-21-23(14-18)41-30-33-25(26(34(21)30)31-15-16-5-3-2-4-6-16)17-7-9-19-20(13-17)29(39)35(28(19)38)22-11-12-24(36)32-27(22)37/h2-10,13-14,22,28,31,38H,11-12,15H2,1H3,(H,32,36,37). The number of nitrogens with one attached hydrogen (secondary N) is 2. The Bertz CT molecular complexity index is 1860. The first-order chi connectivity index (χ1) is 19.9. The molecule has 1 saturated heterocycles. The number of aliphatic hydroxyl groups excluding tert-OH is 1. The monoisotopic (exact) mass is 567 g/mol. The van der Waals surface area contributed by atoms with Crippen LogP contribution in [0.2, 0.25) is 0 Å². The number of rotatable bonds is 6. The lowest BCUT2D eigenvalue weighted by molar-refractivity contribution is -0.139. The van der Waals surface area contributed by atoms with Crippen molar-refractivity contribution in [3.8, 4) is 17.0 Å². The molecule has 1 fully saturated rings. The number of imidazole rings is 1. The summed E-state index contributed by atoms with van der Waals surface area (Å²) in [7, 11) is 1.64. The molecule has 41 heavy (non-hydrogen) atoms. The number of piperidine rings is 1. The molecular formula is C30H25N5O5S. The first-order valence-electron chi connectivity index (χ1n) is 13.2. The largest absolute Gasteiger partial charge is 0.497 e. The number of amides is 3. The van der Waals surface area contributed by atoms with E-state index in [1.165, 1.54) is 11.3 Å². The van der Waals surface area contributed by atoms with E-state index in [9.17, 15) is 19.5 Å². The van der Waals surface area contributed by atoms with Crippen LogP contribution >= 0.6 is 11.3 Å². The van der Waals surface area contributed by atoms with Crippen LogP contribution in [0.5, 0.6) is 5.75 Å². The van der Waals surface area contributed by atoms with Gasteiger partial charge in [0.2, 0.25) is 11.8 Å². The maximum atomic E-state index is 13.5. The molecule has 2 unspecified atom stereocenters.